The number of rotatable bonds is 11. The van der Waals surface area contributed by atoms with Gasteiger partial charge in [-0.05, 0) is 23.6 Å². The minimum atomic E-state index is -5.17. The van der Waals surface area contributed by atoms with Gasteiger partial charge >= 0.3 is 12.8 Å². The topological polar surface area (TPSA) is 115 Å². The number of nitrogens with zero attached hydrogens (tertiary/aromatic N) is 4. The Morgan fingerprint density at radius 1 is 1.02 bits per heavy atom. The van der Waals surface area contributed by atoms with Gasteiger partial charge in [-0.25, -0.2) is 32.6 Å². The zero-order chi connectivity index (χ0) is 31.5. The molecule has 4 rings (SSSR count). The number of halogens is 9. The molecule has 2 N–H and O–H groups in total. The van der Waals surface area contributed by atoms with Gasteiger partial charge in [0.05, 0.1) is 47.6 Å². The smallest absolute Gasteiger partial charge is 0.378 e. The number of nitrogens with one attached hydrogen (secondary N) is 2. The van der Waals surface area contributed by atoms with Crippen molar-refractivity contribution in [1.82, 2.24) is 24.7 Å². The molecule has 2 atom stereocenters. The standard InChI is InChI=1S/C25H19F9N6O3/c26-13(4-14(10-43-24(30)31)38-18-8-37-39-22(41)19(18)25(32,33)34)9-40-2-1-11-3-16(17(27)5-15(11)23(40)42)21-35-6-12(7-36-21)20(28)29/h1-3,5-8,13-14,20,24H,4,9-10H2,(H2,38,39,41). The van der Waals surface area contributed by atoms with Crippen LogP contribution in [0.1, 0.15) is 24.0 Å². The third-order valence-corrected chi connectivity index (χ3v) is 6.09. The number of aromatic nitrogens is 5. The second-order valence-corrected chi connectivity index (χ2v) is 9.09. The predicted octanol–water partition coefficient (Wildman–Crippen LogP) is 5.09. The Kier molecular flexibility index (Phi) is 9.37. The molecule has 18 heteroatoms. The van der Waals surface area contributed by atoms with Gasteiger partial charge < -0.3 is 14.6 Å². The highest BCUT2D eigenvalue weighted by molar-refractivity contribution is 5.86. The molecule has 0 bridgehead atoms. The Balaban J connectivity index is 1.56. The summed E-state index contributed by atoms with van der Waals surface area (Å²) in [6, 6.07) is 1.78. The van der Waals surface area contributed by atoms with Crippen molar-refractivity contribution in [3.8, 4) is 11.4 Å². The average molecular weight is 622 g/mol. The summed E-state index contributed by atoms with van der Waals surface area (Å²) >= 11 is 0. The van der Waals surface area contributed by atoms with E-state index in [1.54, 1.807) is 5.10 Å². The second kappa shape index (κ2) is 12.8. The van der Waals surface area contributed by atoms with E-state index in [0.29, 0.717) is 6.20 Å². The molecule has 0 aliphatic heterocycles. The van der Waals surface area contributed by atoms with Crippen molar-refractivity contribution in [2.45, 2.75) is 44.4 Å². The summed E-state index contributed by atoms with van der Waals surface area (Å²) in [6.45, 7) is -5.05. The number of H-pyrrole nitrogens is 1. The Morgan fingerprint density at radius 3 is 2.35 bits per heavy atom. The first-order valence-electron chi connectivity index (χ1n) is 12.1. The molecule has 3 aromatic heterocycles. The number of anilines is 1. The van der Waals surface area contributed by atoms with Crippen molar-refractivity contribution in [3.63, 3.8) is 0 Å². The second-order valence-electron chi connectivity index (χ2n) is 9.09. The molecule has 3 heterocycles. The summed E-state index contributed by atoms with van der Waals surface area (Å²) in [5.41, 5.74) is -5.81. The van der Waals surface area contributed by atoms with E-state index in [-0.39, 0.29) is 22.2 Å². The van der Waals surface area contributed by atoms with Crippen molar-refractivity contribution in [2.75, 3.05) is 11.9 Å². The summed E-state index contributed by atoms with van der Waals surface area (Å²) in [4.78, 5) is 32.1. The number of alkyl halides is 8. The first-order chi connectivity index (χ1) is 20.2. The van der Waals surface area contributed by atoms with Crippen molar-refractivity contribution < 1.29 is 44.3 Å². The molecule has 0 aliphatic carbocycles. The molecule has 0 spiro atoms. The molecule has 9 nitrogen and oxygen atoms in total. The molecule has 1 aromatic carbocycles. The zero-order valence-electron chi connectivity index (χ0n) is 21.4. The minimum absolute atomic E-state index is 0.168. The van der Waals surface area contributed by atoms with Crippen LogP contribution in [0.15, 0.2) is 52.6 Å². The first-order valence-corrected chi connectivity index (χ1v) is 12.1. The molecule has 4 aromatic rings. The lowest BCUT2D eigenvalue weighted by Crippen LogP contribution is -2.35. The van der Waals surface area contributed by atoms with E-state index >= 15 is 4.39 Å². The summed E-state index contributed by atoms with van der Waals surface area (Å²) < 4.78 is 126. The molecule has 2 unspecified atom stereocenters. The number of hydrogen-bond donors (Lipinski definition) is 2. The largest absolute Gasteiger partial charge is 0.423 e. The van der Waals surface area contributed by atoms with Gasteiger partial charge in [0, 0.05) is 25.0 Å². The van der Waals surface area contributed by atoms with Gasteiger partial charge in [-0.1, -0.05) is 0 Å². The van der Waals surface area contributed by atoms with E-state index in [9.17, 15) is 44.7 Å². The molecule has 230 valence electrons. The molecular formula is C25H19F9N6O3. The number of hydrogen-bond acceptors (Lipinski definition) is 7. The maximum Gasteiger partial charge on any atom is 0.423 e. The fraction of sp³-hybridized carbons (Fsp3) is 0.320. The summed E-state index contributed by atoms with van der Waals surface area (Å²) in [5.74, 6) is -1.21. The maximum absolute atomic E-state index is 15.1. The van der Waals surface area contributed by atoms with E-state index in [1.165, 1.54) is 12.1 Å². The normalized spacial score (nSPS) is 13.6. The van der Waals surface area contributed by atoms with Gasteiger partial charge in [0.15, 0.2) is 5.82 Å². The fourth-order valence-corrected chi connectivity index (χ4v) is 4.17. The summed E-state index contributed by atoms with van der Waals surface area (Å²) in [7, 11) is 0. The van der Waals surface area contributed by atoms with Gasteiger partial charge in [-0.3, -0.25) is 9.59 Å². The van der Waals surface area contributed by atoms with E-state index in [2.05, 4.69) is 25.1 Å². The summed E-state index contributed by atoms with van der Waals surface area (Å²) in [6.07, 6.45) is -7.46. The van der Waals surface area contributed by atoms with E-state index in [1.807, 2.05) is 0 Å². The van der Waals surface area contributed by atoms with Crippen molar-refractivity contribution >= 4 is 16.5 Å². The van der Waals surface area contributed by atoms with Crippen LogP contribution in [0, 0.1) is 5.82 Å². The molecule has 0 saturated carbocycles. The zero-order valence-corrected chi connectivity index (χ0v) is 21.4. The van der Waals surface area contributed by atoms with Crippen LogP contribution in [0.2, 0.25) is 0 Å². The molecule has 0 amide bonds. The fourth-order valence-electron chi connectivity index (χ4n) is 4.17. The third kappa shape index (κ3) is 7.49. The van der Waals surface area contributed by atoms with E-state index < -0.39 is 84.7 Å². The number of benzene rings is 1. The van der Waals surface area contributed by atoms with Crippen LogP contribution in [0.5, 0.6) is 0 Å². The summed E-state index contributed by atoms with van der Waals surface area (Å²) in [5, 5.41) is 6.96. The highest BCUT2D eigenvalue weighted by Crippen LogP contribution is 2.32. The first kappa shape index (κ1) is 31.5. The Hall–Kier alpha value is -4.48. The average Bonchev–Trinajstić information content (AvgIpc) is 2.92. The lowest BCUT2D eigenvalue weighted by molar-refractivity contribution is -0.138. The van der Waals surface area contributed by atoms with Gasteiger partial charge in [-0.15, -0.1) is 0 Å². The number of ether oxygens (including phenoxy) is 1. The van der Waals surface area contributed by atoms with Crippen molar-refractivity contribution in [2.24, 2.45) is 0 Å². The van der Waals surface area contributed by atoms with E-state index in [4.69, 9.17) is 0 Å². The molecule has 0 saturated heterocycles. The quantitative estimate of drug-likeness (QED) is 0.224. The van der Waals surface area contributed by atoms with Crippen LogP contribution < -0.4 is 16.4 Å². The van der Waals surface area contributed by atoms with E-state index in [0.717, 1.165) is 29.2 Å². The monoisotopic (exact) mass is 622 g/mol. The van der Waals surface area contributed by atoms with Gasteiger partial charge in [0.25, 0.3) is 17.5 Å². The Labute approximate surface area is 234 Å². The highest BCUT2D eigenvalue weighted by Gasteiger charge is 2.38. The van der Waals surface area contributed by atoms with Crippen LogP contribution >= 0.6 is 0 Å². The van der Waals surface area contributed by atoms with Crippen molar-refractivity contribution in [1.29, 1.82) is 0 Å². The van der Waals surface area contributed by atoms with Gasteiger partial charge in [-0.2, -0.15) is 27.1 Å². The number of aromatic amines is 1. The molecule has 0 fully saturated rings. The Bertz CT molecular complexity index is 1690. The molecule has 0 aliphatic rings. The van der Waals surface area contributed by atoms with Gasteiger partial charge in [0.2, 0.25) is 0 Å². The number of pyridine rings is 1. The van der Waals surface area contributed by atoms with Crippen LogP contribution in [0.4, 0.5) is 45.2 Å². The third-order valence-electron chi connectivity index (χ3n) is 6.09. The predicted molar refractivity (Wildman–Crippen MR) is 133 cm³/mol. The van der Waals surface area contributed by atoms with Crippen LogP contribution in [0.25, 0.3) is 22.2 Å². The molecule has 0 radical (unpaired) electrons. The van der Waals surface area contributed by atoms with Crippen LogP contribution in [-0.2, 0) is 17.5 Å². The van der Waals surface area contributed by atoms with Crippen LogP contribution in [-0.4, -0.2) is 50.2 Å². The van der Waals surface area contributed by atoms with Crippen LogP contribution in [0.3, 0.4) is 0 Å². The lowest BCUT2D eigenvalue weighted by atomic mass is 10.1. The molecular weight excluding hydrogens is 603 g/mol. The maximum atomic E-state index is 15.1. The highest BCUT2D eigenvalue weighted by atomic mass is 19.4. The number of fused-ring (bicyclic) bond motifs is 1. The Morgan fingerprint density at radius 2 is 1.72 bits per heavy atom. The molecule has 43 heavy (non-hydrogen) atoms. The van der Waals surface area contributed by atoms with Gasteiger partial charge in [0.1, 0.15) is 17.6 Å². The lowest BCUT2D eigenvalue weighted by Gasteiger charge is -2.23. The van der Waals surface area contributed by atoms with Crippen molar-refractivity contribution in [3.05, 3.63) is 80.6 Å². The SMILES string of the molecule is O=c1[nH]ncc(NC(COC(F)F)CC(F)Cn2ccc3cc(-c4ncc(C(F)F)cn4)c(F)cc3c2=O)c1C(F)(F)F. The minimum Gasteiger partial charge on any atom is -0.378 e.